The van der Waals surface area contributed by atoms with E-state index >= 15 is 0 Å². The maximum Gasteiger partial charge on any atom is 0.295 e. The summed E-state index contributed by atoms with van der Waals surface area (Å²) in [5, 5.41) is 11.0. The molecule has 1 unspecified atom stereocenters. The second-order valence-electron chi connectivity index (χ2n) is 8.64. The number of carbonyl (C=O) groups is 2. The summed E-state index contributed by atoms with van der Waals surface area (Å²) in [5.74, 6) is -0.302. The maximum absolute atomic E-state index is 13.0. The lowest BCUT2D eigenvalue weighted by Gasteiger charge is -2.27. The van der Waals surface area contributed by atoms with E-state index in [0.29, 0.717) is 36.9 Å². The molecule has 1 fully saturated rings. The summed E-state index contributed by atoms with van der Waals surface area (Å²) in [6.07, 6.45) is 4.00. The van der Waals surface area contributed by atoms with Crippen molar-refractivity contribution in [2.45, 2.75) is 26.3 Å². The van der Waals surface area contributed by atoms with Gasteiger partial charge >= 0.3 is 0 Å². The van der Waals surface area contributed by atoms with Crippen LogP contribution in [-0.4, -0.2) is 65.4 Å². The van der Waals surface area contributed by atoms with E-state index in [4.69, 9.17) is 4.74 Å². The van der Waals surface area contributed by atoms with Gasteiger partial charge in [0, 0.05) is 31.0 Å². The quantitative estimate of drug-likeness (QED) is 0.367. The van der Waals surface area contributed by atoms with Gasteiger partial charge in [0.2, 0.25) is 0 Å². The van der Waals surface area contributed by atoms with Crippen LogP contribution in [0.5, 0.6) is 5.75 Å². The molecule has 1 aromatic heterocycles. The number of aromatic nitrogens is 1. The van der Waals surface area contributed by atoms with Crippen molar-refractivity contribution in [1.29, 1.82) is 0 Å². The van der Waals surface area contributed by atoms with Gasteiger partial charge in [0.25, 0.3) is 11.7 Å². The highest BCUT2D eigenvalue weighted by atomic mass is 16.5. The van der Waals surface area contributed by atoms with Crippen molar-refractivity contribution >= 4 is 17.4 Å². The number of benzene rings is 1. The molecule has 1 saturated heterocycles. The molecule has 0 bridgehead atoms. The van der Waals surface area contributed by atoms with Gasteiger partial charge < -0.3 is 19.6 Å². The van der Waals surface area contributed by atoms with Gasteiger partial charge in [-0.2, -0.15) is 0 Å². The summed E-state index contributed by atoms with van der Waals surface area (Å²) in [6, 6.07) is 9.94. The Morgan fingerprint density at radius 2 is 1.91 bits per heavy atom. The number of aliphatic hydroxyl groups excluding tert-OH is 1. The van der Waals surface area contributed by atoms with Gasteiger partial charge in [-0.1, -0.05) is 26.0 Å². The summed E-state index contributed by atoms with van der Waals surface area (Å²) in [6.45, 7) is 5.80. The second kappa shape index (κ2) is 10.4. The van der Waals surface area contributed by atoms with Crippen molar-refractivity contribution in [2.24, 2.45) is 5.92 Å². The molecule has 1 amide bonds. The first kappa shape index (κ1) is 23.5. The van der Waals surface area contributed by atoms with Crippen LogP contribution in [0.15, 0.2) is 54.4 Å². The molecule has 3 rings (SSSR count). The summed E-state index contributed by atoms with van der Waals surface area (Å²) in [4.78, 5) is 33.4. The molecule has 1 aliphatic rings. The van der Waals surface area contributed by atoms with Crippen molar-refractivity contribution in [1.82, 2.24) is 14.8 Å². The number of likely N-dealkylation sites (tertiary alicyclic amines) is 1. The number of amides is 1. The van der Waals surface area contributed by atoms with Gasteiger partial charge in [0.05, 0.1) is 18.2 Å². The Kier molecular flexibility index (Phi) is 7.64. The molecule has 2 aromatic rings. The van der Waals surface area contributed by atoms with Gasteiger partial charge in [-0.05, 0) is 56.3 Å². The van der Waals surface area contributed by atoms with Crippen LogP contribution in [0.3, 0.4) is 0 Å². The van der Waals surface area contributed by atoms with Crippen molar-refractivity contribution in [3.05, 3.63) is 65.5 Å². The molecule has 1 aliphatic heterocycles. The molecule has 0 radical (unpaired) electrons. The van der Waals surface area contributed by atoms with Crippen molar-refractivity contribution < 1.29 is 19.4 Å². The predicted octanol–water partition coefficient (Wildman–Crippen LogP) is 3.49. The minimum Gasteiger partial charge on any atom is -0.507 e. The molecular formula is C25H31N3O4. The molecule has 1 atom stereocenters. The number of carbonyl (C=O) groups excluding carboxylic acids is 2. The number of ketones is 1. The SMILES string of the molecule is CC(C)CCOc1cccc(C2C(=C(O)c3ccncc3)C(=O)C(=O)N2CCN(C)C)c1. The van der Waals surface area contributed by atoms with Gasteiger partial charge in [-0.15, -0.1) is 0 Å². The number of aliphatic hydroxyl groups is 1. The van der Waals surface area contributed by atoms with Gasteiger partial charge in [-0.3, -0.25) is 14.6 Å². The van der Waals surface area contributed by atoms with E-state index < -0.39 is 17.7 Å². The first-order valence-electron chi connectivity index (χ1n) is 10.9. The van der Waals surface area contributed by atoms with Gasteiger partial charge in [0.1, 0.15) is 11.5 Å². The molecule has 7 heteroatoms. The number of nitrogens with zero attached hydrogens (tertiary/aromatic N) is 3. The van der Waals surface area contributed by atoms with Crippen LogP contribution < -0.4 is 4.74 Å². The van der Waals surface area contributed by atoms with Gasteiger partial charge in [0.15, 0.2) is 0 Å². The molecular weight excluding hydrogens is 406 g/mol. The fourth-order valence-corrected chi connectivity index (χ4v) is 3.62. The molecule has 1 aromatic carbocycles. The first-order valence-corrected chi connectivity index (χ1v) is 10.9. The lowest BCUT2D eigenvalue weighted by atomic mass is 9.95. The average Bonchev–Trinajstić information content (AvgIpc) is 3.02. The maximum atomic E-state index is 13.0. The Labute approximate surface area is 189 Å². The summed E-state index contributed by atoms with van der Waals surface area (Å²) in [5.41, 5.74) is 1.25. The highest BCUT2D eigenvalue weighted by Crippen LogP contribution is 2.40. The Hall–Kier alpha value is -3.19. The van der Waals surface area contributed by atoms with Crippen LogP contribution in [0.25, 0.3) is 5.76 Å². The number of pyridine rings is 1. The Balaban J connectivity index is 2.04. The number of hydrogen-bond acceptors (Lipinski definition) is 6. The summed E-state index contributed by atoms with van der Waals surface area (Å²) in [7, 11) is 3.82. The summed E-state index contributed by atoms with van der Waals surface area (Å²) >= 11 is 0. The molecule has 170 valence electrons. The lowest BCUT2D eigenvalue weighted by molar-refractivity contribution is -0.140. The zero-order valence-electron chi connectivity index (χ0n) is 19.1. The van der Waals surface area contributed by atoms with Crippen LogP contribution in [-0.2, 0) is 9.59 Å². The van der Waals surface area contributed by atoms with E-state index in [-0.39, 0.29) is 11.3 Å². The number of rotatable bonds is 9. The van der Waals surface area contributed by atoms with Crippen molar-refractivity contribution in [3.63, 3.8) is 0 Å². The van der Waals surface area contributed by atoms with E-state index in [2.05, 4.69) is 18.8 Å². The normalized spacial score (nSPS) is 18.1. The second-order valence-corrected chi connectivity index (χ2v) is 8.64. The number of hydrogen-bond donors (Lipinski definition) is 1. The Bertz CT molecular complexity index is 986. The van der Waals surface area contributed by atoms with Crippen molar-refractivity contribution in [2.75, 3.05) is 33.8 Å². The van der Waals surface area contributed by atoms with Crippen LogP contribution in [0.2, 0.25) is 0 Å². The van der Waals surface area contributed by atoms with E-state index in [1.165, 1.54) is 17.3 Å². The van der Waals surface area contributed by atoms with E-state index in [0.717, 1.165) is 12.0 Å². The standard InChI is InChI=1S/C25H31N3O4/c1-17(2)10-15-32-20-7-5-6-19(16-20)22-21(23(29)18-8-11-26-12-9-18)24(30)25(31)28(22)14-13-27(3)4/h5-9,11-12,16-17,22,29H,10,13-15H2,1-4H3. The fourth-order valence-electron chi connectivity index (χ4n) is 3.62. The number of Topliss-reactive ketones (excluding diaryl/α,β-unsaturated/α-hetero) is 1. The molecule has 32 heavy (non-hydrogen) atoms. The zero-order chi connectivity index (χ0) is 23.3. The molecule has 2 heterocycles. The molecule has 0 aliphatic carbocycles. The van der Waals surface area contributed by atoms with Crippen LogP contribution in [0.4, 0.5) is 0 Å². The third-order valence-corrected chi connectivity index (χ3v) is 5.42. The molecule has 0 spiro atoms. The van der Waals surface area contributed by atoms with Gasteiger partial charge in [-0.25, -0.2) is 0 Å². The first-order chi connectivity index (χ1) is 15.3. The van der Waals surface area contributed by atoms with Crippen LogP contribution >= 0.6 is 0 Å². The van der Waals surface area contributed by atoms with E-state index in [1.807, 2.05) is 43.3 Å². The van der Waals surface area contributed by atoms with E-state index in [9.17, 15) is 14.7 Å². The van der Waals surface area contributed by atoms with Crippen molar-refractivity contribution in [3.8, 4) is 5.75 Å². The average molecular weight is 438 g/mol. The third kappa shape index (κ3) is 5.34. The molecule has 0 saturated carbocycles. The predicted molar refractivity (Wildman–Crippen MR) is 123 cm³/mol. The minimum absolute atomic E-state index is 0.0827. The zero-order valence-corrected chi connectivity index (χ0v) is 19.1. The fraction of sp³-hybridized carbons (Fsp3) is 0.400. The smallest absolute Gasteiger partial charge is 0.295 e. The molecule has 1 N–H and O–H groups in total. The van der Waals surface area contributed by atoms with Crippen LogP contribution in [0.1, 0.15) is 37.4 Å². The topological polar surface area (TPSA) is 83.0 Å². The summed E-state index contributed by atoms with van der Waals surface area (Å²) < 4.78 is 5.90. The monoisotopic (exact) mass is 437 g/mol. The van der Waals surface area contributed by atoms with E-state index in [1.54, 1.807) is 12.1 Å². The Morgan fingerprint density at radius 3 is 2.56 bits per heavy atom. The number of likely N-dealkylation sites (N-methyl/N-ethyl adjacent to an activating group) is 1. The Morgan fingerprint density at radius 1 is 1.19 bits per heavy atom. The largest absolute Gasteiger partial charge is 0.507 e. The highest BCUT2D eigenvalue weighted by molar-refractivity contribution is 6.46. The third-order valence-electron chi connectivity index (χ3n) is 5.42. The number of ether oxygens (including phenoxy) is 1. The lowest BCUT2D eigenvalue weighted by Crippen LogP contribution is -2.35. The highest BCUT2D eigenvalue weighted by Gasteiger charge is 2.46. The van der Waals surface area contributed by atoms with Crippen LogP contribution in [0, 0.1) is 5.92 Å². The molecule has 7 nitrogen and oxygen atoms in total. The minimum atomic E-state index is -0.697.